The van der Waals surface area contributed by atoms with Crippen LogP contribution in [0.5, 0.6) is 0 Å². The Morgan fingerprint density at radius 1 is 0.465 bits per heavy atom. The number of aliphatic carboxylic acids is 2. The fourth-order valence-electron chi connectivity index (χ4n) is 6.46. The quantitative estimate of drug-likeness (QED) is 0.0162. The number of rotatable bonds is 34. The van der Waals surface area contributed by atoms with Crippen molar-refractivity contribution in [3.63, 3.8) is 0 Å². The number of guanidine groups is 2. The molecule has 0 saturated heterocycles. The van der Waals surface area contributed by atoms with Crippen LogP contribution in [-0.4, -0.2) is 172 Å². The van der Waals surface area contributed by atoms with Crippen LogP contribution in [0.2, 0.25) is 0 Å². The van der Waals surface area contributed by atoms with Gasteiger partial charge >= 0.3 is 11.9 Å². The average molecular weight is 1020 g/mol. The first-order valence-electron chi connectivity index (χ1n) is 22.5. The highest BCUT2D eigenvalue weighted by Gasteiger charge is 2.37. The van der Waals surface area contributed by atoms with Crippen LogP contribution in [0, 0.1) is 11.8 Å². The number of primary amides is 1. The lowest BCUT2D eigenvalue weighted by molar-refractivity contribution is -0.142. The number of nitrogens with zero attached hydrogens (tertiary/aromatic N) is 2. The molecule has 0 unspecified atom stereocenters. The molecule has 0 aliphatic rings. The van der Waals surface area contributed by atoms with Crippen LogP contribution in [-0.2, 0) is 52.7 Å². The van der Waals surface area contributed by atoms with Crippen molar-refractivity contribution < 1.29 is 73.2 Å². The smallest absolute Gasteiger partial charge is 0.305 e. The molecular weight excluding hydrogens is 943 g/mol. The largest absolute Gasteiger partial charge is 0.481 e. The standard InChI is InChI=1S/C41H73N15O15/c1-18(2)13-24(34(66)50-22(32(42)64)9-7-11-47-40(43)44)52-38(70)28(17-57)55-37(69)26(15-29(60)61)53-35(67)25(14-19(3)4)51-36(68)27(16-30(62)63)54-39(71)31(20(5)58)56-33(65)23(49-21(6)59)10-8-12-48-41(45)46/h18-20,22-28,31,57-58H,7-17H2,1-6H3,(H2,42,64)(H,49,59)(H,50,66)(H,51,68)(H,52,70)(H,53,67)(H,54,71)(H,55,69)(H,56,65)(H,60,61)(H,62,63)(H4,43,44,47)(H4,45,46,48)/t20-,22+,23+,24+,25+,26+,27+,28-,31+/m1/s1. The van der Waals surface area contributed by atoms with Crippen LogP contribution in [0.15, 0.2) is 9.98 Å². The van der Waals surface area contributed by atoms with Crippen molar-refractivity contribution in [2.45, 2.75) is 147 Å². The van der Waals surface area contributed by atoms with Crippen molar-refractivity contribution in [1.82, 2.24) is 42.5 Å². The molecular formula is C41H73N15O15. The first kappa shape index (κ1) is 63.6. The molecule has 0 aliphatic heterocycles. The lowest BCUT2D eigenvalue weighted by Gasteiger charge is -2.28. The molecule has 0 bridgehead atoms. The monoisotopic (exact) mass is 1020 g/mol. The van der Waals surface area contributed by atoms with E-state index < -0.39 is 145 Å². The molecule has 0 aromatic rings. The van der Waals surface area contributed by atoms with Gasteiger partial charge in [-0.1, -0.05) is 27.7 Å². The summed E-state index contributed by atoms with van der Waals surface area (Å²) in [5.74, 6) is -13.8. The average Bonchev–Trinajstić information content (AvgIpc) is 3.24. The topological polar surface area (TPSA) is 520 Å². The molecule has 0 fully saturated rings. The van der Waals surface area contributed by atoms with Gasteiger partial charge in [-0.2, -0.15) is 0 Å². The molecule has 402 valence electrons. The van der Waals surface area contributed by atoms with Gasteiger partial charge in [0.15, 0.2) is 11.9 Å². The van der Waals surface area contributed by atoms with Crippen LogP contribution in [0.4, 0.5) is 0 Å². The number of aliphatic imine (C=N–C) groups is 2. The van der Waals surface area contributed by atoms with Gasteiger partial charge in [-0.05, 0) is 57.3 Å². The van der Waals surface area contributed by atoms with Crippen molar-refractivity contribution in [2.75, 3.05) is 19.7 Å². The second-order valence-electron chi connectivity index (χ2n) is 17.3. The van der Waals surface area contributed by atoms with Crippen molar-refractivity contribution >= 4 is 77.0 Å². The molecule has 9 amide bonds. The number of carbonyl (C=O) groups excluding carboxylic acids is 9. The van der Waals surface area contributed by atoms with E-state index in [0.29, 0.717) is 0 Å². The maximum absolute atomic E-state index is 13.8. The van der Waals surface area contributed by atoms with Gasteiger partial charge in [-0.15, -0.1) is 0 Å². The zero-order valence-corrected chi connectivity index (χ0v) is 40.7. The van der Waals surface area contributed by atoms with E-state index >= 15 is 0 Å². The second-order valence-corrected chi connectivity index (χ2v) is 17.3. The number of amides is 9. The number of hydrogen-bond donors (Lipinski definition) is 17. The minimum absolute atomic E-state index is 0.0114. The van der Waals surface area contributed by atoms with Crippen molar-refractivity contribution in [3.8, 4) is 0 Å². The zero-order chi connectivity index (χ0) is 54.7. The Morgan fingerprint density at radius 2 is 0.803 bits per heavy atom. The normalized spacial score (nSPS) is 14.7. The number of carboxylic acid groups (broad SMARTS) is 2. The molecule has 22 N–H and O–H groups in total. The Hall–Kier alpha value is -7.37. The third kappa shape index (κ3) is 26.8. The zero-order valence-electron chi connectivity index (χ0n) is 40.7. The number of carboxylic acids is 2. The van der Waals surface area contributed by atoms with E-state index in [1.165, 1.54) is 0 Å². The van der Waals surface area contributed by atoms with Crippen LogP contribution in [0.25, 0.3) is 0 Å². The van der Waals surface area contributed by atoms with E-state index in [4.69, 9.17) is 28.7 Å². The van der Waals surface area contributed by atoms with Crippen LogP contribution in [0.1, 0.15) is 92.9 Å². The van der Waals surface area contributed by atoms with Gasteiger partial charge < -0.3 is 91.6 Å². The second kappa shape index (κ2) is 32.4. The molecule has 71 heavy (non-hydrogen) atoms. The SMILES string of the molecule is CC(=O)N[C@@H](CCCN=C(N)N)C(=O)N[C@H](C(=O)N[C@@H](CC(=O)O)C(=O)N[C@@H](CC(C)C)C(=O)N[C@@H](CC(=O)O)C(=O)N[C@H](CO)C(=O)N[C@@H](CC(C)C)C(=O)N[C@@H](CCCN=C(N)N)C(N)=O)[C@@H](C)O. The summed E-state index contributed by atoms with van der Waals surface area (Å²) in [6, 6.07) is -13.1. The molecule has 0 heterocycles. The molecule has 0 aliphatic carbocycles. The van der Waals surface area contributed by atoms with Crippen LogP contribution < -0.4 is 71.2 Å². The van der Waals surface area contributed by atoms with Gasteiger partial charge in [0, 0.05) is 20.0 Å². The van der Waals surface area contributed by atoms with Crippen LogP contribution >= 0.6 is 0 Å². The molecule has 0 rings (SSSR count). The summed E-state index contributed by atoms with van der Waals surface area (Å²) < 4.78 is 0. The molecule has 9 atom stereocenters. The van der Waals surface area contributed by atoms with Gasteiger partial charge in [0.25, 0.3) is 0 Å². The number of hydrogen-bond acceptors (Lipinski definition) is 15. The minimum Gasteiger partial charge on any atom is -0.481 e. The summed E-state index contributed by atoms with van der Waals surface area (Å²) in [6.07, 6.45) is -3.70. The van der Waals surface area contributed by atoms with Crippen molar-refractivity contribution in [2.24, 2.45) is 50.5 Å². The van der Waals surface area contributed by atoms with Gasteiger partial charge in [-0.25, -0.2) is 0 Å². The van der Waals surface area contributed by atoms with Crippen LogP contribution in [0.3, 0.4) is 0 Å². The van der Waals surface area contributed by atoms with Crippen molar-refractivity contribution in [3.05, 3.63) is 0 Å². The minimum atomic E-state index is -1.99. The van der Waals surface area contributed by atoms with Gasteiger partial charge in [0.2, 0.25) is 53.2 Å². The molecule has 0 radical (unpaired) electrons. The fraction of sp³-hybridized carbons (Fsp3) is 0.683. The third-order valence-corrected chi connectivity index (χ3v) is 9.83. The van der Waals surface area contributed by atoms with E-state index in [1.807, 2.05) is 0 Å². The molecule has 0 saturated carbocycles. The van der Waals surface area contributed by atoms with E-state index in [0.717, 1.165) is 13.8 Å². The Morgan fingerprint density at radius 3 is 1.15 bits per heavy atom. The van der Waals surface area contributed by atoms with E-state index in [1.54, 1.807) is 27.7 Å². The summed E-state index contributed by atoms with van der Waals surface area (Å²) in [6.45, 7) is 7.93. The first-order valence-corrected chi connectivity index (χ1v) is 22.5. The lowest BCUT2D eigenvalue weighted by Crippen LogP contribution is -2.62. The highest BCUT2D eigenvalue weighted by atomic mass is 16.4. The number of aliphatic hydroxyl groups excluding tert-OH is 2. The summed E-state index contributed by atoms with van der Waals surface area (Å²) in [4.78, 5) is 150. The Balaban J connectivity index is 6.40. The maximum Gasteiger partial charge on any atom is 0.305 e. The lowest BCUT2D eigenvalue weighted by atomic mass is 10.0. The number of carbonyl (C=O) groups is 11. The Bertz CT molecular complexity index is 1920. The molecule has 30 nitrogen and oxygen atoms in total. The highest BCUT2D eigenvalue weighted by molar-refractivity contribution is 5.99. The Labute approximate surface area is 409 Å². The third-order valence-electron chi connectivity index (χ3n) is 9.83. The molecule has 0 aromatic heterocycles. The highest BCUT2D eigenvalue weighted by Crippen LogP contribution is 2.11. The predicted molar refractivity (Wildman–Crippen MR) is 252 cm³/mol. The van der Waals surface area contributed by atoms with E-state index in [2.05, 4.69) is 52.5 Å². The van der Waals surface area contributed by atoms with E-state index in [9.17, 15) is 73.2 Å². The van der Waals surface area contributed by atoms with Gasteiger partial charge in [-0.3, -0.25) is 62.7 Å². The fourth-order valence-corrected chi connectivity index (χ4v) is 6.46. The van der Waals surface area contributed by atoms with Gasteiger partial charge in [0.05, 0.1) is 25.6 Å². The molecule has 0 spiro atoms. The number of nitrogens with one attached hydrogen (secondary N) is 8. The number of nitrogens with two attached hydrogens (primary N) is 5. The predicted octanol–water partition coefficient (Wildman–Crippen LogP) is -7.11. The Kier molecular flexibility index (Phi) is 29.1. The molecule has 0 aromatic carbocycles. The summed E-state index contributed by atoms with van der Waals surface area (Å²) in [5.41, 5.74) is 26.7. The van der Waals surface area contributed by atoms with Gasteiger partial charge in [0.1, 0.15) is 48.3 Å². The van der Waals surface area contributed by atoms with Crippen molar-refractivity contribution in [1.29, 1.82) is 0 Å². The summed E-state index contributed by atoms with van der Waals surface area (Å²) in [5, 5.41) is 58.1. The first-order chi connectivity index (χ1) is 33.0. The van der Waals surface area contributed by atoms with E-state index in [-0.39, 0.29) is 69.5 Å². The summed E-state index contributed by atoms with van der Waals surface area (Å²) in [7, 11) is 0. The number of aliphatic hydroxyl groups is 2. The maximum atomic E-state index is 13.8. The summed E-state index contributed by atoms with van der Waals surface area (Å²) >= 11 is 0. The molecule has 30 heteroatoms.